The normalized spacial score (nSPS) is 20.6. The Balaban J connectivity index is 0.000000279. The zero-order valence-corrected chi connectivity index (χ0v) is 23.3. The van der Waals surface area contributed by atoms with Gasteiger partial charge in [0.2, 0.25) is 18.2 Å². The Bertz CT molecular complexity index is 1110. The zero-order valence-electron chi connectivity index (χ0n) is 23.3. The first kappa shape index (κ1) is 33.9. The average Bonchev–Trinajstić information content (AvgIpc) is 3.65. The van der Waals surface area contributed by atoms with Gasteiger partial charge in [0.1, 0.15) is 6.04 Å². The molecule has 230 valence electrons. The highest BCUT2D eigenvalue weighted by Crippen LogP contribution is 2.32. The second-order valence-corrected chi connectivity index (χ2v) is 10.0. The van der Waals surface area contributed by atoms with Crippen molar-refractivity contribution in [3.8, 4) is 0 Å². The topological polar surface area (TPSA) is 115 Å². The van der Waals surface area contributed by atoms with Crippen molar-refractivity contribution in [2.45, 2.75) is 103 Å². The van der Waals surface area contributed by atoms with E-state index in [1.807, 2.05) is 5.32 Å². The summed E-state index contributed by atoms with van der Waals surface area (Å²) in [5.74, 6) is -3.88. The van der Waals surface area contributed by atoms with Crippen LogP contribution in [0.4, 0.5) is 22.0 Å². The molecule has 3 aliphatic rings. The van der Waals surface area contributed by atoms with Crippen molar-refractivity contribution in [2.75, 3.05) is 6.61 Å². The van der Waals surface area contributed by atoms with Gasteiger partial charge in [0.05, 0.1) is 31.2 Å². The van der Waals surface area contributed by atoms with E-state index in [0.717, 1.165) is 6.42 Å². The van der Waals surface area contributed by atoms with E-state index in [9.17, 15) is 36.3 Å². The summed E-state index contributed by atoms with van der Waals surface area (Å²) in [6.45, 7) is 3.90. The van der Waals surface area contributed by atoms with Crippen LogP contribution in [0.1, 0.15) is 82.9 Å². The smallest absolute Gasteiger partial charge is 0.408 e. The Kier molecular flexibility index (Phi) is 13.4. The Hall–Kier alpha value is -3.32. The average molecular weight is 592 g/mol. The maximum atomic E-state index is 12.7. The molecule has 2 aromatic rings. The number of aromatic nitrogens is 3. The number of halogens is 5. The first-order chi connectivity index (χ1) is 19.3. The van der Waals surface area contributed by atoms with Crippen LogP contribution < -0.4 is 10.6 Å². The minimum absolute atomic E-state index is 0.118. The van der Waals surface area contributed by atoms with Crippen LogP contribution in [0.5, 0.6) is 0 Å². The van der Waals surface area contributed by atoms with Crippen LogP contribution in [-0.2, 0) is 32.1 Å². The van der Waals surface area contributed by atoms with Gasteiger partial charge in [-0.05, 0) is 44.2 Å². The van der Waals surface area contributed by atoms with Gasteiger partial charge in [-0.1, -0.05) is 25.7 Å². The lowest BCUT2D eigenvalue weighted by Crippen LogP contribution is -2.38. The number of fused-ring (bicyclic) bond motifs is 1. The summed E-state index contributed by atoms with van der Waals surface area (Å²) in [6, 6.07) is -0.120. The number of hydrogen-bond acceptors (Lipinski definition) is 6. The van der Waals surface area contributed by atoms with Gasteiger partial charge < -0.3 is 15.4 Å². The van der Waals surface area contributed by atoms with Crippen molar-refractivity contribution in [1.82, 2.24) is 25.2 Å². The molecule has 0 bridgehead atoms. The summed E-state index contributed by atoms with van der Waals surface area (Å²) in [7, 11) is 0. The van der Waals surface area contributed by atoms with Gasteiger partial charge in [0.15, 0.2) is 5.65 Å². The molecule has 0 aromatic carbocycles. The van der Waals surface area contributed by atoms with Crippen molar-refractivity contribution < 1.29 is 41.1 Å². The van der Waals surface area contributed by atoms with Gasteiger partial charge in [0.25, 0.3) is 0 Å². The molecule has 1 unspecified atom stereocenters. The van der Waals surface area contributed by atoms with Crippen molar-refractivity contribution in [2.24, 2.45) is 5.92 Å². The van der Waals surface area contributed by atoms with Gasteiger partial charge in [-0.15, -0.1) is 0 Å². The fourth-order valence-electron chi connectivity index (χ4n) is 4.00. The zero-order chi connectivity index (χ0) is 30.5. The molecule has 2 amide bonds. The number of imidazole rings is 1. The Morgan fingerprint density at radius 2 is 1.83 bits per heavy atom. The summed E-state index contributed by atoms with van der Waals surface area (Å²) >= 11 is 0. The van der Waals surface area contributed by atoms with E-state index in [0.29, 0.717) is 42.8 Å². The molecule has 14 heteroatoms. The third-order valence-electron chi connectivity index (χ3n) is 6.16. The molecular formula is C27H38F5N5O4. The molecule has 5 rings (SSSR count). The molecule has 1 aliphatic heterocycles. The Morgan fingerprint density at radius 1 is 1.20 bits per heavy atom. The predicted octanol–water partition coefficient (Wildman–Crippen LogP) is 4.91. The number of carbonyl (C=O) groups is 3. The largest absolute Gasteiger partial charge is 0.466 e. The summed E-state index contributed by atoms with van der Waals surface area (Å²) in [5, 5.41) is 8.59. The van der Waals surface area contributed by atoms with E-state index in [-0.39, 0.29) is 38.2 Å². The van der Waals surface area contributed by atoms with Gasteiger partial charge in [-0.2, -0.15) is 18.3 Å². The molecule has 3 fully saturated rings. The molecule has 2 atom stereocenters. The summed E-state index contributed by atoms with van der Waals surface area (Å²) in [5.41, 5.74) is 1.73. The fourth-order valence-corrected chi connectivity index (χ4v) is 4.00. The van der Waals surface area contributed by atoms with E-state index in [4.69, 9.17) is 0 Å². The Labute approximate surface area is 235 Å². The van der Waals surface area contributed by atoms with Crippen LogP contribution in [0.2, 0.25) is 0 Å². The molecule has 3 heterocycles. The molecule has 2 aliphatic carbocycles. The van der Waals surface area contributed by atoms with Crippen LogP contribution in [0.25, 0.3) is 5.65 Å². The van der Waals surface area contributed by atoms with Crippen molar-refractivity contribution in [1.29, 1.82) is 0 Å². The lowest BCUT2D eigenvalue weighted by atomic mass is 9.97. The number of alkyl halides is 5. The number of esters is 1. The lowest BCUT2D eigenvalue weighted by molar-refractivity contribution is -0.155. The maximum absolute atomic E-state index is 12.7. The van der Waals surface area contributed by atoms with Crippen molar-refractivity contribution in [3.63, 3.8) is 0 Å². The molecule has 0 radical (unpaired) electrons. The van der Waals surface area contributed by atoms with Crippen LogP contribution in [-0.4, -0.2) is 57.6 Å². The number of rotatable bonds is 6. The molecule has 2 aromatic heterocycles. The van der Waals surface area contributed by atoms with Gasteiger partial charge >= 0.3 is 12.1 Å². The van der Waals surface area contributed by atoms with E-state index >= 15 is 0 Å². The second kappa shape index (κ2) is 16.2. The molecule has 9 nitrogen and oxygen atoms in total. The number of carbonyl (C=O) groups excluding carboxylic acids is 3. The summed E-state index contributed by atoms with van der Waals surface area (Å²) in [4.78, 5) is 36.1. The van der Waals surface area contributed by atoms with Crippen LogP contribution in [0.15, 0.2) is 18.5 Å². The molecule has 41 heavy (non-hydrogen) atoms. The highest BCUT2D eigenvalue weighted by Gasteiger charge is 2.47. The first-order valence-electron chi connectivity index (χ1n) is 13.7. The van der Waals surface area contributed by atoms with Crippen molar-refractivity contribution >= 4 is 23.9 Å². The van der Waals surface area contributed by atoms with Crippen LogP contribution in [0.3, 0.4) is 0 Å². The minimum Gasteiger partial charge on any atom is -0.466 e. The van der Waals surface area contributed by atoms with E-state index in [1.165, 1.54) is 36.9 Å². The summed E-state index contributed by atoms with van der Waals surface area (Å²) in [6.07, 6.45) is 6.30. The van der Waals surface area contributed by atoms with Crippen molar-refractivity contribution in [3.05, 3.63) is 29.7 Å². The van der Waals surface area contributed by atoms with Crippen LogP contribution in [0, 0.1) is 5.92 Å². The van der Waals surface area contributed by atoms with E-state index in [1.54, 1.807) is 19.2 Å². The van der Waals surface area contributed by atoms with E-state index in [2.05, 4.69) is 20.1 Å². The fraction of sp³-hybridized carbons (Fsp3) is 0.667. The SMILES string of the molecule is C1CC1.CCOC(C)=O.FC1(F)CCCCC1.O=CNCc1cn2ncc(C[C@H]3CC(C(F)(F)F)NC3=O)cc2n1. The number of amides is 2. The molecule has 2 saturated carbocycles. The quantitative estimate of drug-likeness (QED) is 0.280. The molecule has 2 N–H and O–H groups in total. The predicted molar refractivity (Wildman–Crippen MR) is 140 cm³/mol. The van der Waals surface area contributed by atoms with E-state index < -0.39 is 30.0 Å². The second-order valence-electron chi connectivity index (χ2n) is 10.0. The number of hydrogen-bond donors (Lipinski definition) is 2. The molecule has 1 saturated heterocycles. The third kappa shape index (κ3) is 13.3. The molecular weight excluding hydrogens is 553 g/mol. The summed E-state index contributed by atoms with van der Waals surface area (Å²) < 4.78 is 68.4. The number of ether oxygens (including phenoxy) is 1. The standard InChI is InChI=1S/C14H14F3N5O2.C6H10F2.C4H8O2.C3H6/c15-14(16,17)11-3-9(13(24)21-11)1-8-2-12-20-10(5-18-7-23)6-22(12)19-4-8;7-6(8)4-2-1-3-5-6;1-3-6-4(2)5;1-2-3-1/h2,4,6-7,9,11H,1,3,5H2,(H,18,23)(H,21,24);1-5H2;3H2,1-2H3;1-3H2/t9-,11?;;;/m0.../s1. The highest BCUT2D eigenvalue weighted by molar-refractivity contribution is 5.81. The highest BCUT2D eigenvalue weighted by atomic mass is 19.4. The first-order valence-corrected chi connectivity index (χ1v) is 13.7. The number of nitrogens with one attached hydrogen (secondary N) is 2. The minimum atomic E-state index is -4.43. The number of nitrogens with zero attached hydrogens (tertiary/aromatic N) is 3. The van der Waals surface area contributed by atoms with Crippen LogP contribution >= 0.6 is 0 Å². The monoisotopic (exact) mass is 591 g/mol. The van der Waals surface area contributed by atoms with Gasteiger partial charge in [-0.25, -0.2) is 18.3 Å². The van der Waals surface area contributed by atoms with Gasteiger partial charge in [0, 0.05) is 25.7 Å². The lowest BCUT2D eigenvalue weighted by Gasteiger charge is -2.20. The Morgan fingerprint density at radius 3 is 2.27 bits per heavy atom. The van der Waals surface area contributed by atoms with Gasteiger partial charge in [-0.3, -0.25) is 14.4 Å². The maximum Gasteiger partial charge on any atom is 0.408 e. The third-order valence-corrected chi connectivity index (χ3v) is 6.16. The molecule has 0 spiro atoms.